The molecule has 0 aliphatic heterocycles. The number of carbonyl (C=O) groups excluding carboxylic acids is 2. The summed E-state index contributed by atoms with van der Waals surface area (Å²) in [6.45, 7) is 6.83. The van der Waals surface area contributed by atoms with E-state index >= 15 is 0 Å². The number of hydrogen-bond donors (Lipinski definition) is 0. The van der Waals surface area contributed by atoms with Crippen LogP contribution in [0.15, 0.2) is 11.6 Å². The highest BCUT2D eigenvalue weighted by Gasteiger charge is 2.26. The molecule has 102 valence electrons. The normalized spacial score (nSPS) is 19.6. The van der Waals surface area contributed by atoms with Crippen molar-refractivity contribution >= 4 is 12.4 Å². The highest BCUT2D eigenvalue weighted by atomic mass is 16.6. The highest BCUT2D eigenvalue weighted by Crippen LogP contribution is 2.36. The third-order valence-corrected chi connectivity index (χ3v) is 3.29. The van der Waals surface area contributed by atoms with E-state index < -0.39 is 0 Å². The van der Waals surface area contributed by atoms with Crippen molar-refractivity contribution in [1.82, 2.24) is 0 Å². The second-order valence-electron chi connectivity index (χ2n) is 5.42. The van der Waals surface area contributed by atoms with Crippen LogP contribution in [0.5, 0.6) is 0 Å². The van der Waals surface area contributed by atoms with Crippen LogP contribution in [0, 0.1) is 11.3 Å². The number of carbonyl (C=O) groups is 2. The Morgan fingerprint density at radius 3 is 2.83 bits per heavy atom. The van der Waals surface area contributed by atoms with Crippen LogP contribution in [-0.2, 0) is 19.1 Å². The van der Waals surface area contributed by atoms with E-state index in [2.05, 4.69) is 24.7 Å². The van der Waals surface area contributed by atoms with Crippen LogP contribution < -0.4 is 0 Å². The molecule has 4 heteroatoms. The molecule has 0 spiro atoms. The molecule has 0 saturated carbocycles. The number of ether oxygens (including phenoxy) is 2. The van der Waals surface area contributed by atoms with Crippen molar-refractivity contribution in [2.75, 3.05) is 13.2 Å². The molecule has 1 aliphatic rings. The van der Waals surface area contributed by atoms with Crippen molar-refractivity contribution in [2.45, 2.75) is 40.0 Å². The molecule has 1 aliphatic carbocycles. The van der Waals surface area contributed by atoms with Crippen molar-refractivity contribution in [3.8, 4) is 0 Å². The summed E-state index contributed by atoms with van der Waals surface area (Å²) in [7, 11) is 0. The quantitative estimate of drug-likeness (QED) is 0.316. The van der Waals surface area contributed by atoms with Crippen LogP contribution in [0.2, 0.25) is 0 Å². The van der Waals surface area contributed by atoms with Gasteiger partial charge in [-0.25, -0.2) is 0 Å². The number of hydrogen-bond acceptors (Lipinski definition) is 4. The van der Waals surface area contributed by atoms with Gasteiger partial charge in [-0.15, -0.1) is 0 Å². The zero-order valence-electron chi connectivity index (χ0n) is 11.4. The van der Waals surface area contributed by atoms with E-state index in [9.17, 15) is 9.59 Å². The monoisotopic (exact) mass is 254 g/mol. The molecule has 0 aromatic carbocycles. The Morgan fingerprint density at radius 1 is 1.50 bits per heavy atom. The smallest absolute Gasteiger partial charge is 0.312 e. The first-order chi connectivity index (χ1) is 8.46. The molecule has 0 radical (unpaired) electrons. The lowest BCUT2D eigenvalue weighted by molar-refractivity contribution is -0.150. The molecule has 0 fully saturated rings. The maximum atomic E-state index is 11.8. The zero-order chi connectivity index (χ0) is 13.6. The van der Waals surface area contributed by atoms with Crippen LogP contribution in [0.1, 0.15) is 40.0 Å². The Labute approximate surface area is 108 Å². The van der Waals surface area contributed by atoms with Crippen molar-refractivity contribution in [1.29, 1.82) is 0 Å². The molecule has 0 saturated heterocycles. The number of allylic oxidation sites excluding steroid dienone is 1. The Balaban J connectivity index is 2.48. The van der Waals surface area contributed by atoms with Gasteiger partial charge in [-0.2, -0.15) is 0 Å². The predicted molar refractivity (Wildman–Crippen MR) is 67.9 cm³/mol. The van der Waals surface area contributed by atoms with Gasteiger partial charge >= 0.3 is 5.97 Å². The minimum Gasteiger partial charge on any atom is -0.464 e. The van der Waals surface area contributed by atoms with Gasteiger partial charge in [-0.05, 0) is 31.6 Å². The summed E-state index contributed by atoms with van der Waals surface area (Å²) in [6, 6.07) is 0. The summed E-state index contributed by atoms with van der Waals surface area (Å²) in [6.07, 6.45) is 5.44. The van der Waals surface area contributed by atoms with Gasteiger partial charge in [-0.1, -0.05) is 25.5 Å². The molecule has 0 amide bonds. The topological polar surface area (TPSA) is 52.6 Å². The van der Waals surface area contributed by atoms with Crippen LogP contribution in [0.25, 0.3) is 0 Å². The highest BCUT2D eigenvalue weighted by molar-refractivity contribution is 5.75. The molecule has 0 bridgehead atoms. The van der Waals surface area contributed by atoms with E-state index in [-0.39, 0.29) is 30.5 Å². The van der Waals surface area contributed by atoms with Gasteiger partial charge in [-0.3, -0.25) is 9.59 Å². The van der Waals surface area contributed by atoms with Crippen LogP contribution in [0.3, 0.4) is 0 Å². The van der Waals surface area contributed by atoms with E-state index in [4.69, 9.17) is 4.74 Å². The van der Waals surface area contributed by atoms with Gasteiger partial charge < -0.3 is 9.47 Å². The molecule has 1 atom stereocenters. The second kappa shape index (κ2) is 6.57. The second-order valence-corrected chi connectivity index (χ2v) is 5.42. The van der Waals surface area contributed by atoms with Crippen molar-refractivity contribution in [2.24, 2.45) is 11.3 Å². The summed E-state index contributed by atoms with van der Waals surface area (Å²) in [5, 5.41) is 0. The summed E-state index contributed by atoms with van der Waals surface area (Å²) in [5.74, 6) is -0.450. The Bertz CT molecular complexity index is 331. The lowest BCUT2D eigenvalue weighted by Gasteiger charge is -2.29. The summed E-state index contributed by atoms with van der Waals surface area (Å²) in [5.41, 5.74) is 1.33. The fourth-order valence-electron chi connectivity index (χ4n) is 2.25. The molecule has 0 aromatic heterocycles. The van der Waals surface area contributed by atoms with Gasteiger partial charge in [0.25, 0.3) is 6.47 Å². The molecule has 0 heterocycles. The Hall–Kier alpha value is -1.32. The lowest BCUT2D eigenvalue weighted by Crippen LogP contribution is -2.23. The standard InChI is InChI=1S/C14H22O4/c1-11(13(16)18-8-7-17-10-15)12-5-4-6-14(2,3)9-12/h9-11H,4-8H2,1-3H3/t11-/m0/s1. The first-order valence-corrected chi connectivity index (χ1v) is 6.40. The fraction of sp³-hybridized carbons (Fsp3) is 0.714. The third kappa shape index (κ3) is 4.51. The minimum absolute atomic E-state index is 0.118. The largest absolute Gasteiger partial charge is 0.464 e. The zero-order valence-corrected chi connectivity index (χ0v) is 11.4. The Morgan fingerprint density at radius 2 is 2.22 bits per heavy atom. The number of esters is 1. The molecule has 0 N–H and O–H groups in total. The molecule has 18 heavy (non-hydrogen) atoms. The van der Waals surface area contributed by atoms with Gasteiger partial charge in [0.15, 0.2) is 0 Å². The van der Waals surface area contributed by atoms with Crippen molar-refractivity contribution in [3.63, 3.8) is 0 Å². The predicted octanol–water partition coefficient (Wildman–Crippen LogP) is 2.48. The van der Waals surface area contributed by atoms with Crippen molar-refractivity contribution < 1.29 is 19.1 Å². The maximum Gasteiger partial charge on any atom is 0.312 e. The average molecular weight is 254 g/mol. The number of rotatable bonds is 6. The third-order valence-electron chi connectivity index (χ3n) is 3.29. The van der Waals surface area contributed by atoms with E-state index in [1.807, 2.05) is 6.92 Å². The van der Waals surface area contributed by atoms with E-state index in [1.165, 1.54) is 0 Å². The fourth-order valence-corrected chi connectivity index (χ4v) is 2.25. The van der Waals surface area contributed by atoms with E-state index in [1.54, 1.807) is 0 Å². The first kappa shape index (κ1) is 14.7. The molecule has 1 rings (SSSR count). The first-order valence-electron chi connectivity index (χ1n) is 6.40. The average Bonchev–Trinajstić information content (AvgIpc) is 2.32. The SMILES string of the molecule is C[C@H](C(=O)OCCOC=O)C1=CC(C)(C)CCC1. The maximum absolute atomic E-state index is 11.8. The van der Waals surface area contributed by atoms with Crippen LogP contribution >= 0.6 is 0 Å². The Kier molecular flexibility index (Phi) is 5.38. The summed E-state index contributed by atoms with van der Waals surface area (Å²) in [4.78, 5) is 21.7. The molecular formula is C14H22O4. The van der Waals surface area contributed by atoms with E-state index in [0.717, 1.165) is 24.8 Å². The van der Waals surface area contributed by atoms with Gasteiger partial charge in [0.05, 0.1) is 5.92 Å². The van der Waals surface area contributed by atoms with Crippen molar-refractivity contribution in [3.05, 3.63) is 11.6 Å². The molecule has 0 aromatic rings. The van der Waals surface area contributed by atoms with Gasteiger partial charge in [0.2, 0.25) is 0 Å². The van der Waals surface area contributed by atoms with Gasteiger partial charge in [0, 0.05) is 0 Å². The van der Waals surface area contributed by atoms with Crippen LogP contribution in [-0.4, -0.2) is 25.7 Å². The summed E-state index contributed by atoms with van der Waals surface area (Å²) < 4.78 is 9.53. The molecule has 0 unspecified atom stereocenters. The van der Waals surface area contributed by atoms with E-state index in [0.29, 0.717) is 6.47 Å². The van der Waals surface area contributed by atoms with Gasteiger partial charge in [0.1, 0.15) is 13.2 Å². The minimum atomic E-state index is -0.242. The summed E-state index contributed by atoms with van der Waals surface area (Å²) >= 11 is 0. The lowest BCUT2D eigenvalue weighted by atomic mass is 9.77. The molecule has 4 nitrogen and oxygen atoms in total. The molecular weight excluding hydrogens is 232 g/mol. The van der Waals surface area contributed by atoms with Crippen LogP contribution in [0.4, 0.5) is 0 Å².